The molecule has 6 nitrogen and oxygen atoms in total. The Morgan fingerprint density at radius 1 is 1.26 bits per heavy atom. The average Bonchev–Trinajstić information content (AvgIpc) is 3.15. The van der Waals surface area contributed by atoms with Gasteiger partial charge >= 0.3 is 0 Å². The number of hydrogen-bond donors (Lipinski definition) is 3. The van der Waals surface area contributed by atoms with Crippen LogP contribution in [0.3, 0.4) is 0 Å². The Bertz CT molecular complexity index is 813. The fraction of sp³-hybridized carbons (Fsp3) is 0.450. The highest BCUT2D eigenvalue weighted by Crippen LogP contribution is 2.14. The zero-order chi connectivity index (χ0) is 19.1. The summed E-state index contributed by atoms with van der Waals surface area (Å²) in [4.78, 5) is 32.6. The number of hydrogen-bond acceptors (Lipinski definition) is 4. The number of likely N-dealkylation sites (tertiary alicyclic amines) is 1. The molecule has 0 atom stereocenters. The quantitative estimate of drug-likeness (QED) is 0.475. The predicted molar refractivity (Wildman–Crippen MR) is 108 cm³/mol. The number of benzene rings is 1. The van der Waals surface area contributed by atoms with Crippen LogP contribution >= 0.6 is 11.8 Å². The lowest BCUT2D eigenvalue weighted by Gasteiger charge is -2.12. The molecular weight excluding hydrogens is 360 g/mol. The largest absolute Gasteiger partial charge is 0.331 e. The van der Waals surface area contributed by atoms with Crippen LogP contribution in [0.1, 0.15) is 37.4 Å². The van der Waals surface area contributed by atoms with Crippen LogP contribution in [0.5, 0.6) is 0 Å². The molecule has 0 saturated carbocycles. The van der Waals surface area contributed by atoms with E-state index in [0.29, 0.717) is 5.16 Å². The van der Waals surface area contributed by atoms with E-state index in [2.05, 4.69) is 27.4 Å². The minimum atomic E-state index is -0.174. The Labute approximate surface area is 163 Å². The van der Waals surface area contributed by atoms with Gasteiger partial charge in [0.2, 0.25) is 5.91 Å². The summed E-state index contributed by atoms with van der Waals surface area (Å²) in [5, 5.41) is 3.39. The lowest BCUT2D eigenvalue weighted by atomic mass is 10.2. The normalized spacial score (nSPS) is 14.4. The van der Waals surface area contributed by atoms with Gasteiger partial charge in [0, 0.05) is 35.9 Å². The second kappa shape index (κ2) is 9.71. The maximum atomic E-state index is 12.2. The molecule has 1 fully saturated rings. The monoisotopic (exact) mass is 387 g/mol. The summed E-state index contributed by atoms with van der Waals surface area (Å²) in [6.45, 7) is 5.61. The maximum absolute atomic E-state index is 12.2. The molecular formula is C20H27N4O2S+. The van der Waals surface area contributed by atoms with E-state index in [0.717, 1.165) is 30.8 Å². The number of aromatic nitrogens is 2. The molecule has 3 rings (SSSR count). The SMILES string of the molecule is CCCc1cc(=O)[nH]c(SCC(=O)Nc2ccc(C[NH+]3CCCC3)cc2)n1. The van der Waals surface area contributed by atoms with Crippen molar-refractivity contribution in [3.05, 3.63) is 51.9 Å². The summed E-state index contributed by atoms with van der Waals surface area (Å²) < 4.78 is 0. The molecule has 0 aliphatic carbocycles. The first-order valence-electron chi connectivity index (χ1n) is 9.58. The van der Waals surface area contributed by atoms with Crippen molar-refractivity contribution in [3.63, 3.8) is 0 Å². The minimum absolute atomic E-state index is 0.110. The summed E-state index contributed by atoms with van der Waals surface area (Å²) in [5.41, 5.74) is 2.68. The van der Waals surface area contributed by atoms with Crippen molar-refractivity contribution in [1.82, 2.24) is 9.97 Å². The summed E-state index contributed by atoms with van der Waals surface area (Å²) in [6.07, 6.45) is 4.33. The Balaban J connectivity index is 1.49. The first-order chi connectivity index (χ1) is 13.1. The average molecular weight is 388 g/mol. The number of carbonyl (C=O) groups is 1. The van der Waals surface area contributed by atoms with E-state index in [1.54, 1.807) is 4.90 Å². The number of amides is 1. The maximum Gasteiger partial charge on any atom is 0.251 e. The smallest absolute Gasteiger partial charge is 0.251 e. The Hall–Kier alpha value is -2.12. The van der Waals surface area contributed by atoms with Crippen LogP contribution in [0.25, 0.3) is 0 Å². The highest BCUT2D eigenvalue weighted by Gasteiger charge is 2.15. The van der Waals surface area contributed by atoms with Gasteiger partial charge in [-0.25, -0.2) is 4.98 Å². The molecule has 3 N–H and O–H groups in total. The molecule has 1 aliphatic heterocycles. The van der Waals surface area contributed by atoms with Gasteiger partial charge < -0.3 is 15.2 Å². The number of H-pyrrole nitrogens is 1. The molecule has 1 amide bonds. The molecule has 1 saturated heterocycles. The van der Waals surface area contributed by atoms with Gasteiger partial charge in [-0.2, -0.15) is 0 Å². The summed E-state index contributed by atoms with van der Waals surface area (Å²) in [7, 11) is 0. The van der Waals surface area contributed by atoms with Crippen molar-refractivity contribution in [3.8, 4) is 0 Å². The van der Waals surface area contributed by atoms with Gasteiger partial charge in [-0.15, -0.1) is 0 Å². The van der Waals surface area contributed by atoms with Crippen molar-refractivity contribution in [2.45, 2.75) is 44.3 Å². The number of aryl methyl sites for hydroxylation is 1. The van der Waals surface area contributed by atoms with E-state index >= 15 is 0 Å². The number of aromatic amines is 1. The summed E-state index contributed by atoms with van der Waals surface area (Å²) >= 11 is 1.24. The highest BCUT2D eigenvalue weighted by atomic mass is 32.2. The number of anilines is 1. The molecule has 2 heterocycles. The predicted octanol–water partition coefficient (Wildman–Crippen LogP) is 1.63. The third-order valence-electron chi connectivity index (χ3n) is 4.62. The lowest BCUT2D eigenvalue weighted by molar-refractivity contribution is -0.901. The molecule has 1 aromatic heterocycles. The first kappa shape index (κ1) is 19.6. The molecule has 1 aliphatic rings. The second-order valence-electron chi connectivity index (χ2n) is 6.96. The van der Waals surface area contributed by atoms with Crippen LogP contribution in [0.15, 0.2) is 40.3 Å². The van der Waals surface area contributed by atoms with E-state index in [9.17, 15) is 9.59 Å². The zero-order valence-corrected chi connectivity index (χ0v) is 16.5. The van der Waals surface area contributed by atoms with E-state index in [1.165, 1.54) is 49.3 Å². The second-order valence-corrected chi connectivity index (χ2v) is 7.92. The van der Waals surface area contributed by atoms with E-state index in [1.807, 2.05) is 19.1 Å². The highest BCUT2D eigenvalue weighted by molar-refractivity contribution is 7.99. The molecule has 2 aromatic rings. The van der Waals surface area contributed by atoms with Crippen molar-refractivity contribution < 1.29 is 9.69 Å². The number of nitrogens with one attached hydrogen (secondary N) is 3. The number of quaternary nitrogens is 1. The first-order valence-corrected chi connectivity index (χ1v) is 10.6. The van der Waals surface area contributed by atoms with Crippen molar-refractivity contribution in [2.24, 2.45) is 0 Å². The van der Waals surface area contributed by atoms with Gasteiger partial charge in [-0.3, -0.25) is 9.59 Å². The van der Waals surface area contributed by atoms with Gasteiger partial charge in [0.25, 0.3) is 5.56 Å². The van der Waals surface area contributed by atoms with Gasteiger partial charge in [0.05, 0.1) is 18.8 Å². The standard InChI is InChI=1S/C20H26N4O2S/c1-2-5-17-12-18(25)23-20(22-17)27-14-19(26)21-16-8-6-15(7-9-16)13-24-10-3-4-11-24/h6-9,12H,2-5,10-11,13-14H2,1H3,(H,21,26)(H,22,23,25)/p+1. The zero-order valence-electron chi connectivity index (χ0n) is 15.7. The van der Waals surface area contributed by atoms with Gasteiger partial charge in [0.15, 0.2) is 5.16 Å². The van der Waals surface area contributed by atoms with Gasteiger partial charge in [-0.1, -0.05) is 37.2 Å². The lowest BCUT2D eigenvalue weighted by Crippen LogP contribution is -3.08. The van der Waals surface area contributed by atoms with Crippen LogP contribution in [0, 0.1) is 0 Å². The number of thioether (sulfide) groups is 1. The molecule has 0 radical (unpaired) electrons. The van der Waals surface area contributed by atoms with Crippen LogP contribution < -0.4 is 15.8 Å². The number of carbonyl (C=O) groups excluding carboxylic acids is 1. The van der Waals surface area contributed by atoms with Crippen LogP contribution in [0.2, 0.25) is 0 Å². The van der Waals surface area contributed by atoms with E-state index in [-0.39, 0.29) is 17.2 Å². The molecule has 0 bridgehead atoms. The third-order valence-corrected chi connectivity index (χ3v) is 5.49. The van der Waals surface area contributed by atoms with Crippen LogP contribution in [-0.4, -0.2) is 34.7 Å². The number of nitrogens with zero attached hydrogens (tertiary/aromatic N) is 1. The van der Waals surface area contributed by atoms with Crippen LogP contribution in [0.4, 0.5) is 5.69 Å². The molecule has 1 aromatic carbocycles. The topological polar surface area (TPSA) is 79.3 Å². The Morgan fingerprint density at radius 2 is 2.00 bits per heavy atom. The fourth-order valence-corrected chi connectivity index (χ4v) is 4.01. The summed E-state index contributed by atoms with van der Waals surface area (Å²) in [5.74, 6) is 0.0968. The van der Waals surface area contributed by atoms with E-state index in [4.69, 9.17) is 0 Å². The summed E-state index contributed by atoms with van der Waals surface area (Å²) in [6, 6.07) is 9.59. The molecule has 0 spiro atoms. The minimum Gasteiger partial charge on any atom is -0.331 e. The Morgan fingerprint density at radius 3 is 2.70 bits per heavy atom. The van der Waals surface area contributed by atoms with Crippen LogP contribution in [-0.2, 0) is 17.8 Å². The van der Waals surface area contributed by atoms with Crippen molar-refractivity contribution in [2.75, 3.05) is 24.2 Å². The van der Waals surface area contributed by atoms with E-state index < -0.39 is 0 Å². The molecule has 27 heavy (non-hydrogen) atoms. The molecule has 144 valence electrons. The molecule has 0 unspecified atom stereocenters. The number of rotatable bonds is 8. The van der Waals surface area contributed by atoms with Crippen molar-refractivity contribution in [1.29, 1.82) is 0 Å². The Kier molecular flexibility index (Phi) is 7.06. The van der Waals surface area contributed by atoms with Gasteiger partial charge in [0.1, 0.15) is 6.54 Å². The molecule has 7 heteroatoms. The van der Waals surface area contributed by atoms with Gasteiger partial charge in [-0.05, 0) is 18.6 Å². The van der Waals surface area contributed by atoms with Crippen molar-refractivity contribution >= 4 is 23.4 Å². The fourth-order valence-electron chi connectivity index (χ4n) is 3.31. The third kappa shape index (κ3) is 6.22.